The van der Waals surface area contributed by atoms with Gasteiger partial charge in [-0.05, 0) is 121 Å². The number of thiocarbonyl (C=S) groups is 4. The van der Waals surface area contributed by atoms with E-state index in [0.29, 0.717) is 55.6 Å². The second kappa shape index (κ2) is 16.0. The molecule has 270 valence electrons. The Morgan fingerprint density at radius 2 is 0.635 bits per heavy atom. The van der Waals surface area contributed by atoms with Crippen LogP contribution in [0.25, 0.3) is 43.8 Å². The average molecular weight is 771 g/mol. The summed E-state index contributed by atoms with van der Waals surface area (Å²) in [4.78, 5) is 6.95. The number of aryl methyl sites for hydroxylation is 2. The SMILES string of the molecule is Cc1ccc2cc(OC(=S)N(C)C)c(-c3cc(OC(=S)N(C)C)c(-c4cc5cc(C)ccc5cc4OC(=S)N(C)C)cc3OC(=S)N(C)C)cc2c1. The zero-order valence-electron chi connectivity index (χ0n) is 31.0. The molecule has 0 N–H and O–H groups in total. The van der Waals surface area contributed by atoms with E-state index in [-0.39, 0.29) is 10.3 Å². The Hall–Kier alpha value is -4.62. The van der Waals surface area contributed by atoms with Gasteiger partial charge in [-0.15, -0.1) is 0 Å². The van der Waals surface area contributed by atoms with Crippen LogP contribution in [0.5, 0.6) is 23.0 Å². The van der Waals surface area contributed by atoms with E-state index in [4.69, 9.17) is 67.8 Å². The van der Waals surface area contributed by atoms with Gasteiger partial charge >= 0.3 is 0 Å². The molecule has 5 rings (SSSR count). The van der Waals surface area contributed by atoms with Crippen LogP contribution >= 0.6 is 48.9 Å². The zero-order chi connectivity index (χ0) is 38.0. The van der Waals surface area contributed by atoms with Gasteiger partial charge in [0.15, 0.2) is 0 Å². The Kier molecular flexibility index (Phi) is 11.8. The van der Waals surface area contributed by atoms with Gasteiger partial charge in [-0.1, -0.05) is 47.5 Å². The van der Waals surface area contributed by atoms with Crippen molar-refractivity contribution in [2.24, 2.45) is 0 Å². The maximum Gasteiger partial charge on any atom is 0.264 e. The number of rotatable bonds is 6. The molecule has 0 fully saturated rings. The van der Waals surface area contributed by atoms with Crippen LogP contribution in [0, 0.1) is 13.8 Å². The Morgan fingerprint density at radius 1 is 0.365 bits per heavy atom. The predicted molar refractivity (Wildman–Crippen MR) is 229 cm³/mol. The molecule has 0 heterocycles. The van der Waals surface area contributed by atoms with Crippen LogP contribution in [0.2, 0.25) is 0 Å². The molecule has 0 saturated carbocycles. The number of benzene rings is 5. The minimum Gasteiger partial charge on any atom is -0.431 e. The van der Waals surface area contributed by atoms with Crippen LogP contribution in [0.3, 0.4) is 0 Å². The van der Waals surface area contributed by atoms with E-state index in [9.17, 15) is 0 Å². The van der Waals surface area contributed by atoms with Crippen molar-refractivity contribution in [2.45, 2.75) is 13.8 Å². The maximum absolute atomic E-state index is 6.52. The quantitative estimate of drug-likeness (QED) is 0.155. The van der Waals surface area contributed by atoms with Crippen LogP contribution in [-0.4, -0.2) is 96.7 Å². The van der Waals surface area contributed by atoms with E-state index in [1.807, 2.05) is 80.6 Å². The van der Waals surface area contributed by atoms with Crippen LogP contribution in [-0.2, 0) is 0 Å². The molecule has 0 bridgehead atoms. The fraction of sp³-hybridized carbons (Fsp3) is 0.250. The Labute approximate surface area is 327 Å². The normalized spacial score (nSPS) is 10.8. The molecule has 12 heteroatoms. The van der Waals surface area contributed by atoms with Crippen molar-refractivity contribution in [1.29, 1.82) is 0 Å². The molecule has 0 aromatic heterocycles. The lowest BCUT2D eigenvalue weighted by Gasteiger charge is -2.24. The molecule has 0 atom stereocenters. The Bertz CT molecular complexity index is 2080. The minimum atomic E-state index is 0.256. The van der Waals surface area contributed by atoms with E-state index in [1.54, 1.807) is 19.6 Å². The molecule has 0 aliphatic carbocycles. The van der Waals surface area contributed by atoms with Gasteiger partial charge in [0.25, 0.3) is 20.7 Å². The Balaban J connectivity index is 1.90. The van der Waals surface area contributed by atoms with Crippen molar-refractivity contribution in [3.05, 3.63) is 83.9 Å². The van der Waals surface area contributed by atoms with Crippen molar-refractivity contribution < 1.29 is 18.9 Å². The number of nitrogens with zero attached hydrogens (tertiary/aromatic N) is 4. The molecular formula is C40H42N4O4S4. The fourth-order valence-electron chi connectivity index (χ4n) is 5.27. The summed E-state index contributed by atoms with van der Waals surface area (Å²) >= 11 is 22.7. The summed E-state index contributed by atoms with van der Waals surface area (Å²) in [5, 5.41) is 5.10. The second-order valence-electron chi connectivity index (χ2n) is 13.3. The average Bonchev–Trinajstić information content (AvgIpc) is 3.08. The third-order valence-corrected chi connectivity index (χ3v) is 9.89. The Morgan fingerprint density at radius 3 is 0.923 bits per heavy atom. The van der Waals surface area contributed by atoms with E-state index in [1.165, 1.54) is 0 Å². The first kappa shape index (κ1) is 38.6. The van der Waals surface area contributed by atoms with Gasteiger partial charge in [-0.25, -0.2) is 0 Å². The number of fused-ring (bicyclic) bond motifs is 2. The monoisotopic (exact) mass is 770 g/mol. The highest BCUT2D eigenvalue weighted by atomic mass is 32.1. The lowest BCUT2D eigenvalue weighted by molar-refractivity contribution is 0.440. The predicted octanol–water partition coefficient (Wildman–Crippen LogP) is 8.85. The fourth-order valence-corrected chi connectivity index (χ4v) is 5.63. The molecule has 0 unspecified atom stereocenters. The summed E-state index contributed by atoms with van der Waals surface area (Å²) in [6, 6.07) is 24.4. The van der Waals surface area contributed by atoms with Gasteiger partial charge in [0.05, 0.1) is 0 Å². The van der Waals surface area contributed by atoms with E-state index < -0.39 is 0 Å². The van der Waals surface area contributed by atoms with Gasteiger partial charge < -0.3 is 38.5 Å². The topological polar surface area (TPSA) is 49.9 Å². The minimum absolute atomic E-state index is 0.256. The lowest BCUT2D eigenvalue weighted by Crippen LogP contribution is -2.26. The van der Waals surface area contributed by atoms with E-state index >= 15 is 0 Å². The third-order valence-electron chi connectivity index (χ3n) is 8.10. The van der Waals surface area contributed by atoms with Crippen LogP contribution in [0.4, 0.5) is 0 Å². The largest absolute Gasteiger partial charge is 0.431 e. The smallest absolute Gasteiger partial charge is 0.264 e. The van der Waals surface area contributed by atoms with Crippen LogP contribution < -0.4 is 18.9 Å². The summed E-state index contributed by atoms with van der Waals surface area (Å²) in [6.45, 7) is 4.12. The van der Waals surface area contributed by atoms with Crippen LogP contribution in [0.15, 0.2) is 72.8 Å². The summed E-state index contributed by atoms with van der Waals surface area (Å²) in [7, 11) is 14.7. The molecule has 5 aromatic rings. The molecule has 0 aliphatic heterocycles. The highest BCUT2D eigenvalue weighted by Gasteiger charge is 2.25. The second-order valence-corrected chi connectivity index (χ2v) is 14.7. The van der Waals surface area contributed by atoms with Gasteiger partial charge in [0, 0.05) is 78.6 Å². The van der Waals surface area contributed by atoms with Gasteiger partial charge in [0.2, 0.25) is 0 Å². The molecule has 52 heavy (non-hydrogen) atoms. The highest BCUT2D eigenvalue weighted by molar-refractivity contribution is 7.80. The van der Waals surface area contributed by atoms with Gasteiger partial charge in [-0.3, -0.25) is 0 Å². The zero-order valence-corrected chi connectivity index (χ0v) is 34.2. The summed E-state index contributed by atoms with van der Waals surface area (Å²) in [5.41, 5.74) is 4.95. The van der Waals surface area contributed by atoms with Gasteiger partial charge in [-0.2, -0.15) is 0 Å². The third kappa shape index (κ3) is 8.70. The van der Waals surface area contributed by atoms with E-state index in [2.05, 4.69) is 62.4 Å². The molecule has 0 spiro atoms. The molecular weight excluding hydrogens is 729 g/mol. The lowest BCUT2D eigenvalue weighted by atomic mass is 9.93. The first-order chi connectivity index (χ1) is 24.5. The molecule has 0 aliphatic rings. The standard InChI is InChI=1S/C40H42N4O4S4/c1-23-11-13-25-19-33(45-37(49)41(3)4)29(17-27(25)15-23)31-21-36(48-40(52)44(9)10)32(22-35(31)47-39(51)43(7)8)30-18-28-16-24(2)12-14-26(28)20-34(30)46-38(50)42(5)6/h11-22H,1-10H3. The molecule has 0 saturated heterocycles. The van der Waals surface area contributed by atoms with Crippen molar-refractivity contribution in [3.8, 4) is 45.3 Å². The molecule has 8 nitrogen and oxygen atoms in total. The van der Waals surface area contributed by atoms with Crippen molar-refractivity contribution in [2.75, 3.05) is 56.4 Å². The number of hydrogen-bond acceptors (Lipinski definition) is 8. The van der Waals surface area contributed by atoms with E-state index in [0.717, 1.165) is 32.7 Å². The summed E-state index contributed by atoms with van der Waals surface area (Å²) in [6.07, 6.45) is 0. The maximum atomic E-state index is 6.52. The van der Waals surface area contributed by atoms with Crippen LogP contribution in [0.1, 0.15) is 11.1 Å². The number of hydrogen-bond donors (Lipinski definition) is 0. The van der Waals surface area contributed by atoms with Crippen molar-refractivity contribution in [1.82, 2.24) is 19.6 Å². The molecule has 5 aromatic carbocycles. The summed E-state index contributed by atoms with van der Waals surface area (Å²) < 4.78 is 25.8. The van der Waals surface area contributed by atoms with Crippen molar-refractivity contribution in [3.63, 3.8) is 0 Å². The van der Waals surface area contributed by atoms with Crippen molar-refractivity contribution >= 4 is 91.1 Å². The molecule has 0 radical (unpaired) electrons. The molecule has 0 amide bonds. The number of ether oxygens (including phenoxy) is 4. The highest BCUT2D eigenvalue weighted by Crippen LogP contribution is 2.48. The van der Waals surface area contributed by atoms with Gasteiger partial charge in [0.1, 0.15) is 23.0 Å². The first-order valence-electron chi connectivity index (χ1n) is 16.4. The summed E-state index contributed by atoms with van der Waals surface area (Å²) in [5.74, 6) is 1.97. The first-order valence-corrected chi connectivity index (χ1v) is 18.0.